The second-order valence-electron chi connectivity index (χ2n) is 9.92. The summed E-state index contributed by atoms with van der Waals surface area (Å²) < 4.78 is 41.8. The van der Waals surface area contributed by atoms with E-state index in [2.05, 4.69) is 27.1 Å². The monoisotopic (exact) mass is 535 g/mol. The van der Waals surface area contributed by atoms with Gasteiger partial charge < -0.3 is 10.6 Å². The minimum absolute atomic E-state index is 0.0715. The van der Waals surface area contributed by atoms with E-state index in [1.54, 1.807) is 18.3 Å². The molecule has 0 spiro atoms. The van der Waals surface area contributed by atoms with Gasteiger partial charge in [0.1, 0.15) is 11.3 Å². The zero-order chi connectivity index (χ0) is 25.4. The van der Waals surface area contributed by atoms with Gasteiger partial charge in [-0.1, -0.05) is 24.6 Å². The molecule has 0 amide bonds. The molecule has 2 aromatic heterocycles. The third-order valence-corrected chi connectivity index (χ3v) is 8.86. The first-order valence-electron chi connectivity index (χ1n) is 12.4. The fourth-order valence-electron chi connectivity index (χ4n) is 5.14. The van der Waals surface area contributed by atoms with Crippen LogP contribution >= 0.6 is 11.6 Å². The van der Waals surface area contributed by atoms with Gasteiger partial charge in [-0.25, -0.2) is 27.1 Å². The fraction of sp³-hybridized carbons (Fsp3) is 0.542. The number of benzene rings is 1. The summed E-state index contributed by atoms with van der Waals surface area (Å²) in [6, 6.07) is 4.81. The van der Waals surface area contributed by atoms with Crippen molar-refractivity contribution in [3.63, 3.8) is 0 Å². The van der Waals surface area contributed by atoms with Crippen molar-refractivity contribution in [3.05, 3.63) is 35.2 Å². The Bertz CT molecular complexity index is 1330. The molecule has 0 unspecified atom stereocenters. The van der Waals surface area contributed by atoms with Crippen molar-refractivity contribution in [3.8, 4) is 0 Å². The highest BCUT2D eigenvalue weighted by Crippen LogP contribution is 2.38. The second kappa shape index (κ2) is 10.1. The quantitative estimate of drug-likeness (QED) is 0.460. The van der Waals surface area contributed by atoms with E-state index in [1.807, 2.05) is 0 Å². The first-order valence-corrected chi connectivity index (χ1v) is 14.6. The van der Waals surface area contributed by atoms with Crippen LogP contribution in [0.2, 0.25) is 5.02 Å². The van der Waals surface area contributed by atoms with E-state index in [-0.39, 0.29) is 22.8 Å². The molecule has 9 nitrogen and oxygen atoms in total. The molecule has 3 heterocycles. The highest BCUT2D eigenvalue weighted by molar-refractivity contribution is 7.88. The lowest BCUT2D eigenvalue weighted by Crippen LogP contribution is -2.42. The molecule has 1 aromatic carbocycles. The van der Waals surface area contributed by atoms with Gasteiger partial charge in [0.15, 0.2) is 5.65 Å². The Labute approximate surface area is 215 Å². The highest BCUT2D eigenvalue weighted by Gasteiger charge is 2.28. The first kappa shape index (κ1) is 25.2. The summed E-state index contributed by atoms with van der Waals surface area (Å²) in [6.07, 6.45) is 8.40. The molecular formula is C24H31ClFN7O2S. The summed E-state index contributed by atoms with van der Waals surface area (Å²) in [4.78, 5) is 14.0. The molecule has 5 rings (SSSR count). The third-order valence-electron chi connectivity index (χ3n) is 7.24. The number of halogens is 2. The molecule has 2 aliphatic rings. The largest absolute Gasteiger partial charge is 0.351 e. The van der Waals surface area contributed by atoms with Crippen molar-refractivity contribution in [1.29, 1.82) is 0 Å². The van der Waals surface area contributed by atoms with Crippen LogP contribution in [0.1, 0.15) is 51.5 Å². The van der Waals surface area contributed by atoms with Gasteiger partial charge in [0.2, 0.25) is 21.9 Å². The van der Waals surface area contributed by atoms with Crippen LogP contribution in [0, 0.1) is 11.7 Å². The van der Waals surface area contributed by atoms with Gasteiger partial charge in [-0.15, -0.1) is 0 Å². The van der Waals surface area contributed by atoms with Gasteiger partial charge in [-0.2, -0.15) is 4.98 Å². The Hall–Kier alpha value is -2.50. The number of para-hydroxylation sites is 1. The van der Waals surface area contributed by atoms with Crippen LogP contribution in [0.5, 0.6) is 0 Å². The second-order valence-corrected chi connectivity index (χ2v) is 12.3. The van der Waals surface area contributed by atoms with E-state index in [9.17, 15) is 12.8 Å². The molecule has 2 fully saturated rings. The lowest BCUT2D eigenvalue weighted by atomic mass is 9.87. The van der Waals surface area contributed by atoms with Crippen molar-refractivity contribution in [2.45, 2.75) is 57.5 Å². The Balaban J connectivity index is 1.45. The maximum Gasteiger partial charge on any atom is 0.224 e. The molecule has 36 heavy (non-hydrogen) atoms. The maximum atomic E-state index is 14.6. The summed E-state index contributed by atoms with van der Waals surface area (Å²) in [7, 11) is -3.18. The number of nitrogens with zero attached hydrogens (tertiary/aromatic N) is 5. The number of hydrogen-bond acceptors (Lipinski definition) is 7. The molecule has 0 radical (unpaired) electrons. The number of hydrogen-bond donors (Lipinski definition) is 2. The molecule has 1 saturated carbocycles. The van der Waals surface area contributed by atoms with Gasteiger partial charge in [0.05, 0.1) is 23.2 Å². The number of sulfonamides is 1. The van der Waals surface area contributed by atoms with Gasteiger partial charge in [0, 0.05) is 25.2 Å². The summed E-state index contributed by atoms with van der Waals surface area (Å²) in [5.74, 6) is 1.18. The Morgan fingerprint density at radius 1 is 1.08 bits per heavy atom. The van der Waals surface area contributed by atoms with Gasteiger partial charge >= 0.3 is 0 Å². The van der Waals surface area contributed by atoms with Crippen molar-refractivity contribution < 1.29 is 12.8 Å². The smallest absolute Gasteiger partial charge is 0.224 e. The number of piperidine rings is 1. The molecule has 2 N–H and O–H groups in total. The Morgan fingerprint density at radius 2 is 1.81 bits per heavy atom. The Morgan fingerprint density at radius 3 is 2.47 bits per heavy atom. The molecule has 1 aliphatic carbocycles. The minimum Gasteiger partial charge on any atom is -0.351 e. The lowest BCUT2D eigenvalue weighted by Gasteiger charge is -2.30. The van der Waals surface area contributed by atoms with Crippen LogP contribution in [0.25, 0.3) is 11.2 Å². The molecular weight excluding hydrogens is 505 g/mol. The standard InChI is InChI=1S/C24H31ClFN7O2S/c1-15-6-8-17(9-7-15)33-22-20(29-24(33)30-21-18(25)4-3-5-19(21)26)14-27-23(31-22)28-16-10-12-32(13-11-16)36(2,34)35/h3-5,14-17H,6-13H2,1-2H3,(H,29,30)(H,27,28,31). The molecule has 0 atom stereocenters. The SMILES string of the molecule is CC1CCC(n2c(Nc3c(F)cccc3Cl)nc3cnc(NC4CCN(S(C)(=O)=O)CC4)nc32)CC1. The van der Waals surface area contributed by atoms with Gasteiger partial charge in [-0.05, 0) is 56.6 Å². The number of rotatable bonds is 6. The number of imidazole rings is 1. The van der Waals surface area contributed by atoms with Crippen LogP contribution in [0.4, 0.5) is 22.0 Å². The predicted molar refractivity (Wildman–Crippen MR) is 140 cm³/mol. The van der Waals surface area contributed by atoms with Crippen molar-refractivity contribution in [1.82, 2.24) is 23.8 Å². The van der Waals surface area contributed by atoms with Crippen molar-refractivity contribution >= 4 is 50.4 Å². The van der Waals surface area contributed by atoms with E-state index < -0.39 is 15.8 Å². The highest BCUT2D eigenvalue weighted by atomic mass is 35.5. The van der Waals surface area contributed by atoms with Crippen LogP contribution in [0.15, 0.2) is 24.4 Å². The van der Waals surface area contributed by atoms with Crippen molar-refractivity contribution in [2.75, 3.05) is 30.0 Å². The number of anilines is 3. The molecule has 3 aromatic rings. The zero-order valence-corrected chi connectivity index (χ0v) is 22.0. The average Bonchev–Trinajstić information content (AvgIpc) is 3.19. The topological polar surface area (TPSA) is 105 Å². The fourth-order valence-corrected chi connectivity index (χ4v) is 6.22. The minimum atomic E-state index is -3.18. The molecule has 12 heteroatoms. The first-order chi connectivity index (χ1) is 17.2. The summed E-state index contributed by atoms with van der Waals surface area (Å²) in [5, 5.41) is 6.77. The summed E-state index contributed by atoms with van der Waals surface area (Å²) in [6.45, 7) is 3.20. The molecule has 1 saturated heterocycles. The third kappa shape index (κ3) is 5.28. The normalized spacial score (nSPS) is 22.1. The van der Waals surface area contributed by atoms with Crippen LogP contribution in [-0.2, 0) is 10.0 Å². The maximum absolute atomic E-state index is 14.6. The number of nitrogens with one attached hydrogen (secondary N) is 2. The van der Waals surface area contributed by atoms with Crippen LogP contribution in [-0.4, -0.2) is 57.6 Å². The Kier molecular flexibility index (Phi) is 7.06. The molecule has 194 valence electrons. The van der Waals surface area contributed by atoms with Gasteiger partial charge in [0.25, 0.3) is 0 Å². The molecule has 0 bridgehead atoms. The summed E-state index contributed by atoms with van der Waals surface area (Å²) >= 11 is 6.29. The predicted octanol–water partition coefficient (Wildman–Crippen LogP) is 4.95. The van der Waals surface area contributed by atoms with E-state index >= 15 is 0 Å². The van der Waals surface area contributed by atoms with E-state index in [1.165, 1.54) is 16.6 Å². The van der Waals surface area contributed by atoms with Crippen LogP contribution < -0.4 is 10.6 Å². The summed E-state index contributed by atoms with van der Waals surface area (Å²) in [5.41, 5.74) is 1.47. The number of fused-ring (bicyclic) bond motifs is 1. The lowest BCUT2D eigenvalue weighted by molar-refractivity contribution is 0.295. The zero-order valence-electron chi connectivity index (χ0n) is 20.4. The van der Waals surface area contributed by atoms with E-state index in [4.69, 9.17) is 21.6 Å². The number of aromatic nitrogens is 4. The molecule has 1 aliphatic heterocycles. The van der Waals surface area contributed by atoms with E-state index in [0.717, 1.165) is 25.7 Å². The van der Waals surface area contributed by atoms with Crippen molar-refractivity contribution in [2.24, 2.45) is 5.92 Å². The van der Waals surface area contributed by atoms with Gasteiger partial charge in [-0.3, -0.25) is 4.57 Å². The van der Waals surface area contributed by atoms with E-state index in [0.29, 0.717) is 54.9 Å². The average molecular weight is 536 g/mol. The van der Waals surface area contributed by atoms with Crippen LogP contribution in [0.3, 0.4) is 0 Å².